The van der Waals surface area contributed by atoms with Crippen molar-refractivity contribution < 1.29 is 0 Å². The van der Waals surface area contributed by atoms with Gasteiger partial charge in [0.2, 0.25) is 0 Å². The monoisotopic (exact) mass is 196 g/mol. The van der Waals surface area contributed by atoms with E-state index in [9.17, 15) is 0 Å². The average molecular weight is 197 g/mol. The molecule has 13 heavy (non-hydrogen) atoms. The lowest BCUT2D eigenvalue weighted by molar-refractivity contribution is 0.319. The van der Waals surface area contributed by atoms with Gasteiger partial charge in [0.25, 0.3) is 0 Å². The predicted octanol–water partition coefficient (Wildman–Crippen LogP) is 3.75. The van der Waals surface area contributed by atoms with Crippen LogP contribution >= 0.6 is 11.6 Å². The molecule has 0 aliphatic heterocycles. The summed E-state index contributed by atoms with van der Waals surface area (Å²) >= 11 is 6.15. The molecule has 0 N–H and O–H groups in total. The second-order valence-corrected chi connectivity index (χ2v) is 5.15. The van der Waals surface area contributed by atoms with Crippen molar-refractivity contribution in [2.24, 2.45) is 5.41 Å². The predicted molar refractivity (Wildman–Crippen MR) is 58.8 cm³/mol. The van der Waals surface area contributed by atoms with Gasteiger partial charge < -0.3 is 0 Å². The van der Waals surface area contributed by atoms with Gasteiger partial charge in [-0.15, -0.1) is 23.9 Å². The smallest absolute Gasteiger partial charge is 0.0523 e. The maximum atomic E-state index is 6.15. The van der Waals surface area contributed by atoms with Crippen molar-refractivity contribution in [3.8, 4) is 12.3 Å². The van der Waals surface area contributed by atoms with E-state index < -0.39 is 0 Å². The first-order valence-corrected chi connectivity index (χ1v) is 5.24. The Morgan fingerprint density at radius 2 is 2.38 bits per heavy atom. The lowest BCUT2D eigenvalue weighted by atomic mass is 9.76. The van der Waals surface area contributed by atoms with Gasteiger partial charge in [-0.25, -0.2) is 0 Å². The van der Waals surface area contributed by atoms with Gasteiger partial charge >= 0.3 is 0 Å². The minimum Gasteiger partial charge on any atom is -0.120 e. The molecule has 0 fully saturated rings. The molecule has 0 aromatic rings. The summed E-state index contributed by atoms with van der Waals surface area (Å²) < 4.78 is 0. The maximum absolute atomic E-state index is 6.15. The molecule has 0 aromatic carbocycles. The highest BCUT2D eigenvalue weighted by Gasteiger charge is 2.26. The van der Waals surface area contributed by atoms with Gasteiger partial charge in [-0.05, 0) is 24.7 Å². The molecule has 0 heterocycles. The van der Waals surface area contributed by atoms with Crippen molar-refractivity contribution in [1.29, 1.82) is 0 Å². The van der Waals surface area contributed by atoms with Gasteiger partial charge in [-0.1, -0.05) is 25.5 Å². The zero-order valence-corrected chi connectivity index (χ0v) is 9.19. The Kier molecular flexibility index (Phi) is 3.45. The summed E-state index contributed by atoms with van der Waals surface area (Å²) in [6.45, 7) is 4.54. The molecule has 1 aliphatic carbocycles. The van der Waals surface area contributed by atoms with Crippen molar-refractivity contribution in [3.63, 3.8) is 0 Å². The van der Waals surface area contributed by atoms with Gasteiger partial charge in [0.15, 0.2) is 0 Å². The fraction of sp³-hybridized carbons (Fsp3) is 0.667. The molecule has 1 heteroatoms. The third-order valence-electron chi connectivity index (χ3n) is 2.46. The number of hydrogen-bond donors (Lipinski definition) is 0. The first-order chi connectivity index (χ1) is 6.03. The summed E-state index contributed by atoms with van der Waals surface area (Å²) in [4.78, 5) is 0. The molecule has 0 aromatic heterocycles. The molecule has 1 aliphatic rings. The fourth-order valence-electron chi connectivity index (χ4n) is 1.99. The van der Waals surface area contributed by atoms with Crippen molar-refractivity contribution in [2.75, 3.05) is 0 Å². The summed E-state index contributed by atoms with van der Waals surface area (Å²) in [6.07, 6.45) is 11.5. The molecular weight excluding hydrogens is 180 g/mol. The van der Waals surface area contributed by atoms with Crippen LogP contribution in [0.3, 0.4) is 0 Å². The van der Waals surface area contributed by atoms with E-state index in [0.717, 1.165) is 25.7 Å². The van der Waals surface area contributed by atoms with E-state index in [2.05, 4.69) is 25.8 Å². The number of rotatable bonds is 2. The molecule has 0 spiro atoms. The molecule has 0 radical (unpaired) electrons. The van der Waals surface area contributed by atoms with Crippen LogP contribution in [0.1, 0.15) is 39.5 Å². The molecule has 1 atom stereocenters. The zero-order valence-electron chi connectivity index (χ0n) is 8.44. The van der Waals surface area contributed by atoms with Crippen LogP contribution in [0, 0.1) is 17.8 Å². The molecule has 1 unspecified atom stereocenters. The first-order valence-electron chi connectivity index (χ1n) is 4.80. The standard InChI is InChI=1S/C12H17Cl/c1-4-5-6-10-7-11(13)9-12(2,3)8-10/h1,7,11H,5-6,8-9H2,2-3H3. The van der Waals surface area contributed by atoms with E-state index in [1.165, 1.54) is 5.57 Å². The lowest BCUT2D eigenvalue weighted by Crippen LogP contribution is -2.22. The molecule has 0 nitrogen and oxygen atoms in total. The number of alkyl halides is 1. The number of halogens is 1. The summed E-state index contributed by atoms with van der Waals surface area (Å²) in [5.41, 5.74) is 1.79. The number of hydrogen-bond acceptors (Lipinski definition) is 0. The van der Waals surface area contributed by atoms with Crippen LogP contribution in [0.4, 0.5) is 0 Å². The third-order valence-corrected chi connectivity index (χ3v) is 2.74. The number of allylic oxidation sites excluding steroid dienone is 2. The Morgan fingerprint density at radius 1 is 1.69 bits per heavy atom. The first kappa shape index (κ1) is 10.7. The molecule has 1 rings (SSSR count). The highest BCUT2D eigenvalue weighted by molar-refractivity contribution is 6.21. The highest BCUT2D eigenvalue weighted by atomic mass is 35.5. The topological polar surface area (TPSA) is 0 Å². The summed E-state index contributed by atoms with van der Waals surface area (Å²) in [6, 6.07) is 0. The minimum absolute atomic E-state index is 0.205. The van der Waals surface area contributed by atoms with Crippen molar-refractivity contribution in [2.45, 2.75) is 44.9 Å². The molecule has 0 saturated carbocycles. The summed E-state index contributed by atoms with van der Waals surface area (Å²) in [5, 5.41) is 0.205. The zero-order chi connectivity index (χ0) is 9.90. The van der Waals surface area contributed by atoms with Gasteiger partial charge in [-0.3, -0.25) is 0 Å². The summed E-state index contributed by atoms with van der Waals surface area (Å²) in [5.74, 6) is 2.67. The largest absolute Gasteiger partial charge is 0.120 e. The van der Waals surface area contributed by atoms with E-state index >= 15 is 0 Å². The molecule has 0 saturated heterocycles. The molecular formula is C12H17Cl. The molecule has 0 amide bonds. The van der Waals surface area contributed by atoms with E-state index in [0.29, 0.717) is 5.41 Å². The van der Waals surface area contributed by atoms with Crippen LogP contribution in [0.5, 0.6) is 0 Å². The third kappa shape index (κ3) is 3.44. The van der Waals surface area contributed by atoms with Crippen LogP contribution in [0.25, 0.3) is 0 Å². The van der Waals surface area contributed by atoms with Gasteiger partial charge in [0.05, 0.1) is 5.38 Å². The quantitative estimate of drug-likeness (QED) is 0.359. The van der Waals surface area contributed by atoms with Crippen LogP contribution in [0.2, 0.25) is 0 Å². The van der Waals surface area contributed by atoms with Crippen LogP contribution in [-0.4, -0.2) is 5.38 Å². The van der Waals surface area contributed by atoms with Gasteiger partial charge in [-0.2, -0.15) is 0 Å². The second-order valence-electron chi connectivity index (χ2n) is 4.59. The van der Waals surface area contributed by atoms with Gasteiger partial charge in [0, 0.05) is 6.42 Å². The van der Waals surface area contributed by atoms with Crippen molar-refractivity contribution >= 4 is 11.6 Å². The van der Waals surface area contributed by atoms with E-state index in [1.807, 2.05) is 0 Å². The second kappa shape index (κ2) is 4.20. The molecule has 72 valence electrons. The van der Waals surface area contributed by atoms with Crippen LogP contribution < -0.4 is 0 Å². The Labute approximate surface area is 86.4 Å². The fourth-order valence-corrected chi connectivity index (χ4v) is 2.59. The Bertz CT molecular complexity index is 242. The SMILES string of the molecule is C#CCCC1=CC(Cl)CC(C)(C)C1. The average Bonchev–Trinajstić information content (AvgIpc) is 1.97. The maximum Gasteiger partial charge on any atom is 0.0523 e. The van der Waals surface area contributed by atoms with Crippen molar-refractivity contribution in [3.05, 3.63) is 11.6 Å². The number of terminal acetylenes is 1. The van der Waals surface area contributed by atoms with E-state index in [4.69, 9.17) is 18.0 Å². The highest BCUT2D eigenvalue weighted by Crippen LogP contribution is 2.38. The normalized spacial score (nSPS) is 26.3. The van der Waals surface area contributed by atoms with Crippen molar-refractivity contribution in [1.82, 2.24) is 0 Å². The van der Waals surface area contributed by atoms with Crippen LogP contribution in [0.15, 0.2) is 11.6 Å². The minimum atomic E-state index is 0.205. The Morgan fingerprint density at radius 3 is 2.92 bits per heavy atom. The van der Waals surface area contributed by atoms with Gasteiger partial charge in [0.1, 0.15) is 0 Å². The van der Waals surface area contributed by atoms with Crippen LogP contribution in [-0.2, 0) is 0 Å². The Hall–Kier alpha value is -0.410. The Balaban J connectivity index is 2.60. The molecule has 0 bridgehead atoms. The summed E-state index contributed by atoms with van der Waals surface area (Å²) in [7, 11) is 0. The van der Waals surface area contributed by atoms with E-state index in [1.54, 1.807) is 0 Å². The van der Waals surface area contributed by atoms with E-state index in [-0.39, 0.29) is 5.38 Å². The lowest BCUT2D eigenvalue weighted by Gasteiger charge is -2.32.